The second-order valence-electron chi connectivity index (χ2n) is 12.4. The summed E-state index contributed by atoms with van der Waals surface area (Å²) in [7, 11) is 0. The number of hydrogen-bond donors (Lipinski definition) is 2. The van der Waals surface area contributed by atoms with E-state index in [9.17, 15) is 22.0 Å². The van der Waals surface area contributed by atoms with Crippen molar-refractivity contribution in [3.05, 3.63) is 47.3 Å². The number of rotatable bonds is 7. The van der Waals surface area contributed by atoms with Crippen LogP contribution in [0.3, 0.4) is 0 Å². The summed E-state index contributed by atoms with van der Waals surface area (Å²) in [5.41, 5.74) is 4.89. The van der Waals surface area contributed by atoms with Gasteiger partial charge in [-0.2, -0.15) is 13.2 Å². The van der Waals surface area contributed by atoms with Crippen molar-refractivity contribution in [1.82, 2.24) is 19.4 Å². The summed E-state index contributed by atoms with van der Waals surface area (Å²) < 4.78 is 75.9. The van der Waals surface area contributed by atoms with Crippen molar-refractivity contribution in [2.45, 2.75) is 89.3 Å². The monoisotopic (exact) mass is 607 g/mol. The Hall–Kier alpha value is -3.03. The number of nitrogen functional groups attached to an aromatic ring is 1. The van der Waals surface area contributed by atoms with Crippen LogP contribution in [0.15, 0.2) is 30.3 Å². The van der Waals surface area contributed by atoms with E-state index in [0.717, 1.165) is 48.6 Å². The van der Waals surface area contributed by atoms with Crippen molar-refractivity contribution in [2.75, 3.05) is 30.0 Å². The zero-order valence-corrected chi connectivity index (χ0v) is 24.5. The number of ether oxygens (including phenoxy) is 1. The lowest BCUT2D eigenvalue weighted by Crippen LogP contribution is -2.59. The maximum Gasteiger partial charge on any atom is 0.416 e. The van der Waals surface area contributed by atoms with Crippen LogP contribution in [0.25, 0.3) is 11.2 Å². The quantitative estimate of drug-likeness (QED) is 0.196. The second kappa shape index (κ2) is 11.2. The van der Waals surface area contributed by atoms with Gasteiger partial charge in [-0.25, -0.2) is 24.6 Å². The first-order valence-corrected chi connectivity index (χ1v) is 14.9. The van der Waals surface area contributed by atoms with Crippen LogP contribution in [0.5, 0.6) is 0 Å². The van der Waals surface area contributed by atoms with Crippen LogP contribution >= 0.6 is 0 Å². The topological polar surface area (TPSA) is 84.5 Å². The summed E-state index contributed by atoms with van der Waals surface area (Å²) in [6, 6.07) is 6.30. The number of hydrogen-bond acceptors (Lipinski definition) is 7. The molecule has 3 N–H and O–H groups in total. The number of aryl methyl sites for hydroxylation is 1. The zero-order chi connectivity index (χ0) is 30.7. The Balaban J connectivity index is 1.31. The van der Waals surface area contributed by atoms with E-state index in [1.165, 1.54) is 12.1 Å². The third kappa shape index (κ3) is 5.78. The minimum absolute atomic E-state index is 0.0615. The largest absolute Gasteiger partial charge is 0.416 e. The number of hydrazine groups is 1. The number of nitrogens with zero attached hydrogens (tertiary/aromatic N) is 5. The maximum absolute atomic E-state index is 14.1. The van der Waals surface area contributed by atoms with Gasteiger partial charge < -0.3 is 19.6 Å². The summed E-state index contributed by atoms with van der Waals surface area (Å²) in [5.74, 6) is 4.05. The number of aromatic nitrogens is 3. The molecule has 0 spiro atoms. The van der Waals surface area contributed by atoms with E-state index in [0.29, 0.717) is 36.7 Å². The van der Waals surface area contributed by atoms with Gasteiger partial charge in [0.15, 0.2) is 5.65 Å². The number of halogens is 5. The van der Waals surface area contributed by atoms with Gasteiger partial charge >= 0.3 is 6.18 Å². The summed E-state index contributed by atoms with van der Waals surface area (Å²) in [6.45, 7) is 8.52. The number of benzene rings is 1. The van der Waals surface area contributed by atoms with Crippen molar-refractivity contribution in [2.24, 2.45) is 11.8 Å². The van der Waals surface area contributed by atoms with E-state index in [1.54, 1.807) is 0 Å². The number of piperazine rings is 1. The van der Waals surface area contributed by atoms with Gasteiger partial charge in [-0.15, -0.1) is 0 Å². The van der Waals surface area contributed by atoms with Gasteiger partial charge in [0.25, 0.3) is 0 Å². The summed E-state index contributed by atoms with van der Waals surface area (Å²) >= 11 is 0. The average molecular weight is 608 g/mol. The molecule has 1 unspecified atom stereocenters. The first kappa shape index (κ1) is 30.0. The Bertz CT molecular complexity index is 1450. The van der Waals surface area contributed by atoms with Crippen molar-refractivity contribution in [1.29, 1.82) is 0 Å². The lowest BCUT2D eigenvalue weighted by molar-refractivity contribution is -0.138. The van der Waals surface area contributed by atoms with E-state index >= 15 is 0 Å². The third-order valence-electron chi connectivity index (χ3n) is 9.28. The van der Waals surface area contributed by atoms with E-state index in [-0.39, 0.29) is 36.9 Å². The average Bonchev–Trinajstić information content (AvgIpc) is 3.56. The standard InChI is InChI=1S/C30H38F5N7O/c1-17-15-41(27(21-12-29(31,32)13-21)20-6-8-22(9-7-20)30(33,34)35)18(2)14-40(17)24-11-25(39-36)38-28-26(24)37-19(3)42(28)16-23-5-4-10-43-23/h6-9,11,17-18,21,23,27H,4-5,10,12-16,36H2,1-3H3,(H,38,39)/t17-,18+,23-,27?/m0/s1. The fraction of sp³-hybridized carbons (Fsp3) is 0.600. The third-order valence-corrected chi connectivity index (χ3v) is 9.28. The fourth-order valence-electron chi connectivity index (χ4n) is 7.10. The molecule has 3 fully saturated rings. The van der Waals surface area contributed by atoms with E-state index < -0.39 is 23.7 Å². The Morgan fingerprint density at radius 1 is 1.09 bits per heavy atom. The molecule has 2 saturated heterocycles. The Morgan fingerprint density at radius 3 is 2.42 bits per heavy atom. The molecule has 1 aromatic carbocycles. The summed E-state index contributed by atoms with van der Waals surface area (Å²) in [5, 5.41) is 0. The smallest absolute Gasteiger partial charge is 0.376 e. The molecule has 6 rings (SSSR count). The first-order valence-electron chi connectivity index (χ1n) is 14.9. The Labute approximate surface area is 247 Å². The molecule has 3 aliphatic rings. The van der Waals surface area contributed by atoms with Gasteiger partial charge in [-0.1, -0.05) is 12.1 Å². The molecule has 2 aliphatic heterocycles. The second-order valence-corrected chi connectivity index (χ2v) is 12.4. The van der Waals surface area contributed by atoms with Crippen LogP contribution in [-0.2, 0) is 17.5 Å². The molecule has 1 aliphatic carbocycles. The Kier molecular flexibility index (Phi) is 7.79. The molecule has 1 saturated carbocycles. The molecule has 2 aromatic heterocycles. The summed E-state index contributed by atoms with van der Waals surface area (Å²) in [6.07, 6.45) is -2.93. The van der Waals surface area contributed by atoms with Gasteiger partial charge in [0.05, 0.1) is 23.9 Å². The van der Waals surface area contributed by atoms with Crippen LogP contribution in [-0.4, -0.2) is 63.2 Å². The molecule has 0 radical (unpaired) electrons. The van der Waals surface area contributed by atoms with Crippen molar-refractivity contribution >= 4 is 22.7 Å². The molecule has 4 atom stereocenters. The number of fused-ring (bicyclic) bond motifs is 1. The highest BCUT2D eigenvalue weighted by Crippen LogP contribution is 2.51. The van der Waals surface area contributed by atoms with Gasteiger partial charge in [-0.3, -0.25) is 4.90 Å². The van der Waals surface area contributed by atoms with Crippen LogP contribution in [0, 0.1) is 12.8 Å². The van der Waals surface area contributed by atoms with Crippen LogP contribution in [0.2, 0.25) is 0 Å². The van der Waals surface area contributed by atoms with Crippen LogP contribution in [0.4, 0.5) is 33.5 Å². The molecule has 4 heterocycles. The van der Waals surface area contributed by atoms with Gasteiger partial charge in [-0.05, 0) is 57.2 Å². The molecule has 0 amide bonds. The summed E-state index contributed by atoms with van der Waals surface area (Å²) in [4.78, 5) is 14.1. The van der Waals surface area contributed by atoms with E-state index in [4.69, 9.17) is 20.5 Å². The number of imidazole rings is 1. The molecule has 0 bridgehead atoms. The van der Waals surface area contributed by atoms with Gasteiger partial charge in [0.2, 0.25) is 5.92 Å². The molecule has 43 heavy (non-hydrogen) atoms. The molecule has 8 nitrogen and oxygen atoms in total. The normalized spacial score (nSPS) is 25.7. The number of pyridine rings is 1. The van der Waals surface area contributed by atoms with Gasteiger partial charge in [0, 0.05) is 56.7 Å². The predicted molar refractivity (Wildman–Crippen MR) is 154 cm³/mol. The predicted octanol–water partition coefficient (Wildman–Crippen LogP) is 5.91. The van der Waals surface area contributed by atoms with Crippen LogP contribution in [0.1, 0.15) is 62.5 Å². The van der Waals surface area contributed by atoms with Crippen molar-refractivity contribution < 1.29 is 26.7 Å². The SMILES string of the molecule is Cc1nc2c(N3C[C@@H](C)N(C(c4ccc(C(F)(F)F)cc4)C4CC(F)(F)C4)C[C@@H]3C)cc(NN)nc2n1C[C@@H]1CCCO1. The number of anilines is 2. The highest BCUT2D eigenvalue weighted by Gasteiger charge is 2.51. The molecule has 3 aromatic rings. The van der Waals surface area contributed by atoms with Crippen molar-refractivity contribution in [3.8, 4) is 0 Å². The number of nitrogens with two attached hydrogens (primary N) is 1. The number of alkyl halides is 5. The maximum atomic E-state index is 14.1. The molecular formula is C30H38F5N7O. The highest BCUT2D eigenvalue weighted by molar-refractivity contribution is 5.89. The minimum Gasteiger partial charge on any atom is -0.376 e. The number of nitrogens with one attached hydrogen (secondary N) is 1. The molecule has 13 heteroatoms. The minimum atomic E-state index is -4.46. The lowest BCUT2D eigenvalue weighted by atomic mass is 9.73. The molecular weight excluding hydrogens is 569 g/mol. The lowest BCUT2D eigenvalue weighted by Gasteiger charge is -2.52. The zero-order valence-electron chi connectivity index (χ0n) is 24.5. The highest BCUT2D eigenvalue weighted by atomic mass is 19.4. The van der Waals surface area contributed by atoms with Gasteiger partial charge in [0.1, 0.15) is 17.2 Å². The van der Waals surface area contributed by atoms with E-state index in [1.807, 2.05) is 19.9 Å². The van der Waals surface area contributed by atoms with Crippen molar-refractivity contribution in [3.63, 3.8) is 0 Å². The molecule has 234 valence electrons. The first-order chi connectivity index (χ1) is 20.3. The Morgan fingerprint density at radius 2 is 1.81 bits per heavy atom. The fourth-order valence-corrected chi connectivity index (χ4v) is 7.10. The van der Waals surface area contributed by atoms with E-state index in [2.05, 4.69) is 26.7 Å². The van der Waals surface area contributed by atoms with Crippen LogP contribution < -0.4 is 16.2 Å².